The molecule has 2 N–H and O–H groups in total. The number of rotatable bonds is 3. The molecule has 0 spiro atoms. The molecule has 1 heterocycles. The van der Waals surface area contributed by atoms with Gasteiger partial charge in [-0.1, -0.05) is 25.1 Å². The zero-order chi connectivity index (χ0) is 10.8. The van der Waals surface area contributed by atoms with Gasteiger partial charge in [-0.15, -0.1) is 0 Å². The van der Waals surface area contributed by atoms with Gasteiger partial charge in [-0.3, -0.25) is 4.79 Å². The number of benzene rings is 1. The predicted octanol–water partition coefficient (Wildman–Crippen LogP) is -0.137. The van der Waals surface area contributed by atoms with E-state index in [1.54, 1.807) is 0 Å². The molecular formula is C12H14KNO2. The number of nitrogens with one attached hydrogen (secondary N) is 1. The van der Waals surface area contributed by atoms with Crippen molar-refractivity contribution in [2.45, 2.75) is 19.3 Å². The zero-order valence-electron chi connectivity index (χ0n) is 10.5. The van der Waals surface area contributed by atoms with Crippen molar-refractivity contribution in [1.29, 1.82) is 0 Å². The summed E-state index contributed by atoms with van der Waals surface area (Å²) in [6, 6.07) is 7.93. The van der Waals surface area contributed by atoms with Crippen molar-refractivity contribution in [2.24, 2.45) is 0 Å². The Labute approximate surface area is 138 Å². The van der Waals surface area contributed by atoms with Crippen LogP contribution in [0.25, 0.3) is 10.9 Å². The average molecular weight is 243 g/mol. The second kappa shape index (κ2) is 5.98. The Bertz CT molecular complexity index is 498. The van der Waals surface area contributed by atoms with Crippen LogP contribution in [0.3, 0.4) is 0 Å². The molecule has 0 saturated carbocycles. The van der Waals surface area contributed by atoms with Crippen LogP contribution in [0.15, 0.2) is 30.5 Å². The minimum Gasteiger partial charge on any atom is -1.00 e. The molecule has 1 atom stereocenters. The van der Waals surface area contributed by atoms with Gasteiger partial charge in [-0.25, -0.2) is 0 Å². The van der Waals surface area contributed by atoms with Crippen molar-refractivity contribution in [1.82, 2.24) is 4.98 Å². The number of para-hydroxylation sites is 1. The summed E-state index contributed by atoms with van der Waals surface area (Å²) in [6.45, 7) is 1.93. The summed E-state index contributed by atoms with van der Waals surface area (Å²) < 4.78 is 0. The second-order valence-corrected chi connectivity index (χ2v) is 3.79. The first kappa shape index (κ1) is 13.9. The van der Waals surface area contributed by atoms with Gasteiger partial charge in [0.15, 0.2) is 0 Å². The van der Waals surface area contributed by atoms with Crippen LogP contribution in [0.4, 0.5) is 0 Å². The van der Waals surface area contributed by atoms with Gasteiger partial charge in [-0.05, 0) is 17.5 Å². The van der Waals surface area contributed by atoms with Crippen LogP contribution < -0.4 is 51.4 Å². The van der Waals surface area contributed by atoms with Gasteiger partial charge in [0, 0.05) is 17.1 Å². The topological polar surface area (TPSA) is 53.1 Å². The largest absolute Gasteiger partial charge is 1.00 e. The molecule has 0 bridgehead atoms. The Morgan fingerprint density at radius 1 is 1.50 bits per heavy atom. The molecule has 2 rings (SSSR count). The van der Waals surface area contributed by atoms with Crippen molar-refractivity contribution in [3.63, 3.8) is 0 Å². The molecule has 2 aromatic rings. The summed E-state index contributed by atoms with van der Waals surface area (Å²) in [5.41, 5.74) is 2.14. The minimum absolute atomic E-state index is 0. The van der Waals surface area contributed by atoms with Crippen molar-refractivity contribution in [3.05, 3.63) is 36.0 Å². The van der Waals surface area contributed by atoms with Crippen LogP contribution in [0.2, 0.25) is 0 Å². The first-order chi connectivity index (χ1) is 7.18. The van der Waals surface area contributed by atoms with Crippen LogP contribution in [0, 0.1) is 0 Å². The summed E-state index contributed by atoms with van der Waals surface area (Å²) in [4.78, 5) is 13.8. The van der Waals surface area contributed by atoms with Crippen LogP contribution in [0.5, 0.6) is 0 Å². The molecular weight excluding hydrogens is 229 g/mol. The number of carboxylic acids is 1. The Hall–Kier alpha value is -0.134. The Kier molecular flexibility index (Phi) is 5.20. The number of carboxylic acid groups (broad SMARTS) is 1. The van der Waals surface area contributed by atoms with Crippen LogP contribution in [0.1, 0.15) is 26.3 Å². The van der Waals surface area contributed by atoms with Crippen molar-refractivity contribution in [3.8, 4) is 0 Å². The summed E-state index contributed by atoms with van der Waals surface area (Å²) >= 11 is 0. The molecule has 4 heteroatoms. The maximum Gasteiger partial charge on any atom is 1.00 e. The van der Waals surface area contributed by atoms with Crippen LogP contribution in [-0.4, -0.2) is 16.1 Å². The van der Waals surface area contributed by atoms with Gasteiger partial charge in [-0.2, -0.15) is 0 Å². The first-order valence-electron chi connectivity index (χ1n) is 4.96. The molecule has 1 aromatic carbocycles. The fourth-order valence-corrected chi connectivity index (χ4v) is 1.87. The molecule has 0 radical (unpaired) electrons. The van der Waals surface area contributed by atoms with Crippen molar-refractivity contribution < 1.29 is 62.7 Å². The smallest absolute Gasteiger partial charge is 1.00 e. The summed E-state index contributed by atoms with van der Waals surface area (Å²) in [5.74, 6) is -0.716. The van der Waals surface area contributed by atoms with Crippen LogP contribution >= 0.6 is 0 Å². The average Bonchev–Trinajstić information content (AvgIpc) is 2.59. The SMILES string of the molecule is CC(CC(=O)O)c1c[nH]c2ccccc12.[H-].[K+]. The van der Waals surface area contributed by atoms with E-state index in [-0.39, 0.29) is 65.1 Å². The Morgan fingerprint density at radius 2 is 2.19 bits per heavy atom. The van der Waals surface area contributed by atoms with E-state index in [1.807, 2.05) is 37.4 Å². The Morgan fingerprint density at radius 3 is 2.88 bits per heavy atom. The molecule has 0 aliphatic heterocycles. The monoisotopic (exact) mass is 243 g/mol. The number of hydrogen-bond donors (Lipinski definition) is 2. The zero-order valence-corrected chi connectivity index (χ0v) is 12.6. The van der Waals surface area contributed by atoms with Crippen LogP contribution in [-0.2, 0) is 4.79 Å². The van der Waals surface area contributed by atoms with Crippen molar-refractivity contribution in [2.75, 3.05) is 0 Å². The van der Waals surface area contributed by atoms with E-state index in [9.17, 15) is 4.79 Å². The summed E-state index contributed by atoms with van der Waals surface area (Å²) in [7, 11) is 0. The number of hydrogen-bond acceptors (Lipinski definition) is 1. The standard InChI is InChI=1S/C12H13NO2.K.H/c1-8(6-12(14)15)10-7-13-11-5-3-2-4-9(10)11;;/h2-5,7-8,13H,6H2,1H3,(H,14,15);;/q;+1;-1. The molecule has 0 aliphatic carbocycles. The third kappa shape index (κ3) is 2.96. The fourth-order valence-electron chi connectivity index (χ4n) is 1.87. The molecule has 1 unspecified atom stereocenters. The third-order valence-electron chi connectivity index (χ3n) is 2.63. The van der Waals surface area contributed by atoms with E-state index in [2.05, 4.69) is 4.98 Å². The molecule has 80 valence electrons. The first-order valence-corrected chi connectivity index (χ1v) is 4.96. The summed E-state index contributed by atoms with van der Waals surface area (Å²) in [5, 5.41) is 9.86. The van der Waals surface area contributed by atoms with E-state index in [1.165, 1.54) is 0 Å². The Balaban J connectivity index is 0.00000128. The minimum atomic E-state index is -0.757. The third-order valence-corrected chi connectivity index (χ3v) is 2.63. The normalized spacial score (nSPS) is 12.1. The van der Waals surface area contributed by atoms with Gasteiger partial charge in [0.05, 0.1) is 6.42 Å². The van der Waals surface area contributed by atoms with E-state index in [0.717, 1.165) is 16.5 Å². The van der Waals surface area contributed by atoms with Gasteiger partial charge in [0.2, 0.25) is 0 Å². The van der Waals surface area contributed by atoms with Gasteiger partial charge in [0.1, 0.15) is 0 Å². The number of aromatic nitrogens is 1. The molecule has 0 saturated heterocycles. The maximum atomic E-state index is 10.6. The quantitative estimate of drug-likeness (QED) is 0.737. The van der Waals surface area contributed by atoms with Gasteiger partial charge < -0.3 is 11.5 Å². The molecule has 0 amide bonds. The van der Waals surface area contributed by atoms with E-state index < -0.39 is 5.97 Å². The maximum absolute atomic E-state index is 10.6. The number of carbonyl (C=O) groups is 1. The molecule has 1 aromatic heterocycles. The van der Waals surface area contributed by atoms with E-state index >= 15 is 0 Å². The molecule has 0 fully saturated rings. The number of H-pyrrole nitrogens is 1. The predicted molar refractivity (Wildman–Crippen MR) is 60.1 cm³/mol. The number of aromatic amines is 1. The van der Waals surface area contributed by atoms with Gasteiger partial charge in [0.25, 0.3) is 0 Å². The van der Waals surface area contributed by atoms with E-state index in [0.29, 0.717) is 0 Å². The number of fused-ring (bicyclic) bond motifs is 1. The number of aliphatic carboxylic acids is 1. The fraction of sp³-hybridized carbons (Fsp3) is 0.250. The molecule has 3 nitrogen and oxygen atoms in total. The van der Waals surface area contributed by atoms with Crippen molar-refractivity contribution >= 4 is 16.9 Å². The summed E-state index contributed by atoms with van der Waals surface area (Å²) in [6.07, 6.45) is 2.07. The molecule has 16 heavy (non-hydrogen) atoms. The second-order valence-electron chi connectivity index (χ2n) is 3.79. The van der Waals surface area contributed by atoms with Gasteiger partial charge >= 0.3 is 57.4 Å². The van der Waals surface area contributed by atoms with E-state index in [4.69, 9.17) is 5.11 Å². The molecule has 0 aliphatic rings.